The molecule has 1 saturated heterocycles. The van der Waals surface area contributed by atoms with E-state index in [1.54, 1.807) is 68.4 Å². The molecule has 0 spiro atoms. The number of imide groups is 1. The number of urea groups is 1. The summed E-state index contributed by atoms with van der Waals surface area (Å²) in [4.78, 5) is 41.2. The molecule has 3 aromatic carbocycles. The van der Waals surface area contributed by atoms with Crippen LogP contribution in [0.15, 0.2) is 72.8 Å². The average Bonchev–Trinajstić information content (AvgIpc) is 3.28. The third kappa shape index (κ3) is 7.47. The van der Waals surface area contributed by atoms with E-state index in [0.717, 1.165) is 10.5 Å². The first kappa shape index (κ1) is 31.3. The van der Waals surface area contributed by atoms with E-state index in [1.165, 1.54) is 12.1 Å². The molecule has 0 bridgehead atoms. The van der Waals surface area contributed by atoms with E-state index in [0.29, 0.717) is 16.9 Å². The van der Waals surface area contributed by atoms with Crippen LogP contribution in [-0.4, -0.2) is 58.3 Å². The fourth-order valence-corrected chi connectivity index (χ4v) is 4.42. The van der Waals surface area contributed by atoms with Gasteiger partial charge >= 0.3 is 6.03 Å². The maximum Gasteiger partial charge on any atom is 0.325 e. The summed E-state index contributed by atoms with van der Waals surface area (Å²) in [5, 5.41) is 23.6. The molecule has 41 heavy (non-hydrogen) atoms. The largest absolute Gasteiger partial charge is 0.491 e. The van der Waals surface area contributed by atoms with Crippen LogP contribution in [0.5, 0.6) is 5.75 Å². The number of nitrogens with zero attached hydrogens (tertiary/aromatic N) is 1. The van der Waals surface area contributed by atoms with Gasteiger partial charge in [-0.2, -0.15) is 0 Å². The Labute approximate surface area is 239 Å². The summed E-state index contributed by atoms with van der Waals surface area (Å²) in [6.45, 7) is 6.90. The van der Waals surface area contributed by atoms with E-state index < -0.39 is 54.4 Å². The maximum atomic E-state index is 14.6. The number of aliphatic hydroxyl groups excluding tert-OH is 2. The lowest BCUT2D eigenvalue weighted by atomic mass is 9.91. The van der Waals surface area contributed by atoms with Crippen molar-refractivity contribution >= 4 is 23.5 Å². The molecule has 1 heterocycles. The molecule has 1 aliphatic heterocycles. The third-order valence-corrected chi connectivity index (χ3v) is 6.57. The van der Waals surface area contributed by atoms with Gasteiger partial charge in [-0.05, 0) is 47.9 Å². The fourth-order valence-electron chi connectivity index (χ4n) is 4.42. The van der Waals surface area contributed by atoms with Gasteiger partial charge in [-0.15, -0.1) is 0 Å². The number of hydrogen-bond donors (Lipinski definition) is 4. The predicted octanol–water partition coefficient (Wildman–Crippen LogP) is 4.30. The Morgan fingerprint density at radius 3 is 2.34 bits per heavy atom. The Balaban J connectivity index is 0.00000226. The number of rotatable bonds is 10. The molecule has 3 unspecified atom stereocenters. The zero-order valence-electron chi connectivity index (χ0n) is 23.5. The van der Waals surface area contributed by atoms with Crippen LogP contribution in [0, 0.1) is 12.7 Å². The number of nitrogens with one attached hydrogen (secondary N) is 2. The van der Waals surface area contributed by atoms with E-state index in [-0.39, 0.29) is 12.3 Å². The number of aliphatic hydroxyl groups is 2. The van der Waals surface area contributed by atoms with E-state index in [1.807, 2.05) is 19.9 Å². The zero-order valence-corrected chi connectivity index (χ0v) is 23.5. The van der Waals surface area contributed by atoms with Crippen molar-refractivity contribution in [2.75, 3.05) is 18.5 Å². The van der Waals surface area contributed by atoms with Crippen molar-refractivity contribution < 1.29 is 33.7 Å². The molecule has 1 fully saturated rings. The van der Waals surface area contributed by atoms with Crippen molar-refractivity contribution in [3.8, 4) is 5.75 Å². The minimum Gasteiger partial charge on any atom is -0.491 e. The van der Waals surface area contributed by atoms with Crippen LogP contribution < -0.4 is 15.4 Å². The molecule has 0 radical (unpaired) electrons. The van der Waals surface area contributed by atoms with Crippen LogP contribution in [0.3, 0.4) is 0 Å². The van der Waals surface area contributed by atoms with Crippen molar-refractivity contribution in [1.29, 1.82) is 0 Å². The lowest BCUT2D eigenvalue weighted by Gasteiger charge is -2.30. The minimum absolute atomic E-state index is 0.0543. The van der Waals surface area contributed by atoms with Crippen molar-refractivity contribution in [1.82, 2.24) is 10.2 Å². The van der Waals surface area contributed by atoms with Crippen LogP contribution in [0.1, 0.15) is 49.4 Å². The van der Waals surface area contributed by atoms with E-state index in [2.05, 4.69) is 10.6 Å². The number of carbonyl (C=O) groups is 3. The lowest BCUT2D eigenvalue weighted by molar-refractivity contribution is -0.134. The second-order valence-corrected chi connectivity index (χ2v) is 9.42. The number of aryl methyl sites for hydroxylation is 1. The highest BCUT2D eigenvalue weighted by Gasteiger charge is 2.47. The Kier molecular flexibility index (Phi) is 11.0. The number of benzene rings is 3. The van der Waals surface area contributed by atoms with Crippen molar-refractivity contribution in [2.24, 2.45) is 0 Å². The second-order valence-electron chi connectivity index (χ2n) is 9.42. The quantitative estimate of drug-likeness (QED) is 0.272. The van der Waals surface area contributed by atoms with Gasteiger partial charge in [0, 0.05) is 5.92 Å². The van der Waals surface area contributed by atoms with Crippen LogP contribution in [0.2, 0.25) is 0 Å². The molecular weight excluding hydrogens is 529 g/mol. The van der Waals surface area contributed by atoms with Crippen molar-refractivity contribution in [3.05, 3.63) is 95.3 Å². The van der Waals surface area contributed by atoms with Gasteiger partial charge in [0.2, 0.25) is 5.91 Å². The fraction of sp³-hybridized carbons (Fsp3) is 0.323. The Hall–Kier alpha value is -4.28. The molecule has 1 aliphatic rings. The zero-order chi connectivity index (χ0) is 30.1. The van der Waals surface area contributed by atoms with E-state index in [9.17, 15) is 23.9 Å². The van der Waals surface area contributed by atoms with Gasteiger partial charge < -0.3 is 25.6 Å². The summed E-state index contributed by atoms with van der Waals surface area (Å²) in [5.41, 5.74) is 1.80. The summed E-state index contributed by atoms with van der Waals surface area (Å²) >= 11 is 0. The van der Waals surface area contributed by atoms with Gasteiger partial charge in [0.05, 0.1) is 12.3 Å². The van der Waals surface area contributed by atoms with Crippen molar-refractivity contribution in [3.63, 3.8) is 0 Å². The van der Waals surface area contributed by atoms with Crippen LogP contribution in [-0.2, 0) is 9.59 Å². The topological polar surface area (TPSA) is 128 Å². The van der Waals surface area contributed by atoms with Crippen LogP contribution in [0.25, 0.3) is 0 Å². The Morgan fingerprint density at radius 2 is 1.73 bits per heavy atom. The van der Waals surface area contributed by atoms with Gasteiger partial charge in [-0.1, -0.05) is 69.3 Å². The number of halogens is 1. The third-order valence-electron chi connectivity index (χ3n) is 6.57. The molecule has 4 amide bonds. The molecule has 218 valence electrons. The number of ether oxygens (including phenoxy) is 1. The Bertz CT molecular complexity index is 1340. The molecule has 3 aromatic rings. The molecule has 4 atom stereocenters. The summed E-state index contributed by atoms with van der Waals surface area (Å²) in [7, 11) is 0. The highest BCUT2D eigenvalue weighted by molar-refractivity contribution is 6.10. The first-order chi connectivity index (χ1) is 19.7. The minimum atomic E-state index is -1.27. The standard InChI is InChI=1S/C29H30FN3O6.C2H6/c1-17-8-13-24(23(30)14-17)31-27(36)26(18(2)19-6-4-3-5-7-19)33-28(37)25(32-29(33)38)20-9-11-22(12-10-20)39-16-21(35)15-34;1-2/h3-14,18,21,25-26,34-35H,15-16H2,1-2H3,(H,31,36)(H,32,38);1-2H3/t18?,21?,25-,26?;/m1./s1. The number of anilines is 1. The molecule has 4 rings (SSSR count). The maximum absolute atomic E-state index is 14.6. The van der Waals surface area contributed by atoms with Crippen LogP contribution in [0.4, 0.5) is 14.9 Å². The number of hydrogen-bond acceptors (Lipinski definition) is 6. The smallest absolute Gasteiger partial charge is 0.325 e. The molecule has 10 heteroatoms. The highest BCUT2D eigenvalue weighted by Crippen LogP contribution is 2.32. The van der Waals surface area contributed by atoms with Gasteiger partial charge in [-0.3, -0.25) is 9.59 Å². The SMILES string of the molecule is CC.Cc1ccc(NC(=O)C(C(C)c2ccccc2)N2C(=O)N[C@H](c3ccc(OCC(O)CO)cc3)C2=O)c(F)c1. The normalized spacial score (nSPS) is 16.7. The average molecular weight is 566 g/mol. The molecule has 9 nitrogen and oxygen atoms in total. The predicted molar refractivity (Wildman–Crippen MR) is 153 cm³/mol. The molecule has 0 aliphatic carbocycles. The number of carbonyl (C=O) groups excluding carboxylic acids is 3. The summed E-state index contributed by atoms with van der Waals surface area (Å²) in [6, 6.07) is 16.6. The lowest BCUT2D eigenvalue weighted by Crippen LogP contribution is -2.50. The summed E-state index contributed by atoms with van der Waals surface area (Å²) in [6.07, 6.45) is -1.03. The molecule has 0 saturated carbocycles. The first-order valence-electron chi connectivity index (χ1n) is 13.5. The van der Waals surface area contributed by atoms with Crippen LogP contribution >= 0.6 is 0 Å². The molecule has 4 N–H and O–H groups in total. The second kappa shape index (κ2) is 14.4. The summed E-state index contributed by atoms with van der Waals surface area (Å²) in [5.74, 6) is -2.17. The monoisotopic (exact) mass is 565 g/mol. The molecular formula is C31H36FN3O6. The van der Waals surface area contributed by atoms with Gasteiger partial charge in [0.15, 0.2) is 0 Å². The van der Waals surface area contributed by atoms with E-state index >= 15 is 0 Å². The first-order valence-corrected chi connectivity index (χ1v) is 13.5. The van der Waals surface area contributed by atoms with E-state index in [4.69, 9.17) is 9.84 Å². The molecule has 0 aromatic heterocycles. The number of amides is 4. The highest BCUT2D eigenvalue weighted by atomic mass is 19.1. The van der Waals surface area contributed by atoms with Gasteiger partial charge in [-0.25, -0.2) is 14.1 Å². The Morgan fingerprint density at radius 1 is 1.07 bits per heavy atom. The summed E-state index contributed by atoms with van der Waals surface area (Å²) < 4.78 is 19.9. The van der Waals surface area contributed by atoms with Gasteiger partial charge in [0.25, 0.3) is 5.91 Å². The van der Waals surface area contributed by atoms with Gasteiger partial charge in [0.1, 0.15) is 36.4 Å². The van der Waals surface area contributed by atoms with Crippen molar-refractivity contribution in [2.45, 2.75) is 51.8 Å².